The second-order valence-corrected chi connectivity index (χ2v) is 4.99. The molecule has 1 unspecified atom stereocenters. The zero-order valence-electron chi connectivity index (χ0n) is 12.5. The maximum absolute atomic E-state index is 11.7. The number of rotatable bonds is 3. The number of anilines is 1. The summed E-state index contributed by atoms with van der Waals surface area (Å²) in [6.45, 7) is 3.10. The van der Waals surface area contributed by atoms with Crippen molar-refractivity contribution in [3.05, 3.63) is 17.6 Å². The first-order valence-electron chi connectivity index (χ1n) is 6.82. The number of piperidine rings is 1. The summed E-state index contributed by atoms with van der Waals surface area (Å²) in [5.41, 5.74) is 0.681. The van der Waals surface area contributed by atoms with E-state index in [0.29, 0.717) is 18.1 Å². The zero-order valence-corrected chi connectivity index (χ0v) is 12.5. The Hall–Kier alpha value is -2.18. The fourth-order valence-electron chi connectivity index (χ4n) is 2.44. The van der Waals surface area contributed by atoms with Crippen molar-refractivity contribution < 1.29 is 19.1 Å². The molecule has 2 rings (SSSR count). The van der Waals surface area contributed by atoms with E-state index in [1.165, 1.54) is 14.2 Å². The van der Waals surface area contributed by atoms with Gasteiger partial charge in [0.15, 0.2) is 0 Å². The van der Waals surface area contributed by atoms with E-state index in [1.54, 1.807) is 13.0 Å². The number of esters is 2. The molecule has 0 aliphatic carbocycles. The van der Waals surface area contributed by atoms with Gasteiger partial charge in [-0.05, 0) is 19.8 Å². The quantitative estimate of drug-likeness (QED) is 0.768. The maximum Gasteiger partial charge on any atom is 0.376 e. The third kappa shape index (κ3) is 3.48. The van der Waals surface area contributed by atoms with Gasteiger partial charge in [-0.3, -0.25) is 4.79 Å². The molecule has 0 spiro atoms. The van der Waals surface area contributed by atoms with Crippen molar-refractivity contribution in [2.75, 3.05) is 32.2 Å². The van der Waals surface area contributed by atoms with Crippen LogP contribution in [0.3, 0.4) is 0 Å². The van der Waals surface area contributed by atoms with Gasteiger partial charge in [0, 0.05) is 24.8 Å². The average Bonchev–Trinajstić information content (AvgIpc) is 2.52. The van der Waals surface area contributed by atoms with Gasteiger partial charge >= 0.3 is 11.9 Å². The van der Waals surface area contributed by atoms with Gasteiger partial charge in [-0.1, -0.05) is 0 Å². The summed E-state index contributed by atoms with van der Waals surface area (Å²) >= 11 is 0. The predicted molar refractivity (Wildman–Crippen MR) is 75.1 cm³/mol. The predicted octanol–water partition coefficient (Wildman–Crippen LogP) is 0.961. The zero-order chi connectivity index (χ0) is 15.4. The van der Waals surface area contributed by atoms with Gasteiger partial charge in [-0.25, -0.2) is 14.8 Å². The van der Waals surface area contributed by atoms with E-state index in [9.17, 15) is 9.59 Å². The third-order valence-electron chi connectivity index (χ3n) is 3.49. The molecule has 2 heterocycles. The Morgan fingerprint density at radius 2 is 2.05 bits per heavy atom. The summed E-state index contributed by atoms with van der Waals surface area (Å²) in [5, 5.41) is 0. The fourth-order valence-corrected chi connectivity index (χ4v) is 2.44. The van der Waals surface area contributed by atoms with Crippen LogP contribution < -0.4 is 4.90 Å². The molecule has 0 saturated carbocycles. The summed E-state index contributed by atoms with van der Waals surface area (Å²) < 4.78 is 9.46. The van der Waals surface area contributed by atoms with Crippen LogP contribution in [0.1, 0.15) is 29.2 Å². The van der Waals surface area contributed by atoms with Crippen LogP contribution in [0.4, 0.5) is 5.82 Å². The lowest BCUT2D eigenvalue weighted by Crippen LogP contribution is -2.39. The number of hydrogen-bond acceptors (Lipinski definition) is 7. The van der Waals surface area contributed by atoms with Crippen molar-refractivity contribution in [1.29, 1.82) is 0 Å². The molecule has 1 fully saturated rings. The van der Waals surface area contributed by atoms with E-state index in [4.69, 9.17) is 4.74 Å². The second-order valence-electron chi connectivity index (χ2n) is 4.99. The number of carbonyl (C=O) groups is 2. The number of aryl methyl sites for hydroxylation is 1. The molecule has 0 N–H and O–H groups in total. The molecule has 0 aromatic carbocycles. The Morgan fingerprint density at radius 1 is 1.29 bits per heavy atom. The van der Waals surface area contributed by atoms with Crippen LogP contribution >= 0.6 is 0 Å². The molecule has 114 valence electrons. The summed E-state index contributed by atoms with van der Waals surface area (Å²) in [6, 6.07) is 1.80. The highest BCUT2D eigenvalue weighted by atomic mass is 16.5. The highest BCUT2D eigenvalue weighted by molar-refractivity contribution is 5.85. The lowest BCUT2D eigenvalue weighted by atomic mass is 9.98. The van der Waals surface area contributed by atoms with Crippen LogP contribution in [-0.2, 0) is 14.3 Å². The Balaban J connectivity index is 2.22. The monoisotopic (exact) mass is 293 g/mol. The first-order valence-corrected chi connectivity index (χ1v) is 6.82. The Labute approximate surface area is 123 Å². The van der Waals surface area contributed by atoms with Crippen molar-refractivity contribution in [1.82, 2.24) is 9.97 Å². The van der Waals surface area contributed by atoms with E-state index >= 15 is 0 Å². The van der Waals surface area contributed by atoms with Crippen LogP contribution in [0.5, 0.6) is 0 Å². The second kappa shape index (κ2) is 6.51. The minimum Gasteiger partial charge on any atom is -0.469 e. The van der Waals surface area contributed by atoms with E-state index in [1.807, 2.05) is 4.90 Å². The molecule has 0 amide bonds. The third-order valence-corrected chi connectivity index (χ3v) is 3.49. The molecule has 1 aliphatic rings. The van der Waals surface area contributed by atoms with Crippen molar-refractivity contribution in [3.63, 3.8) is 0 Å². The van der Waals surface area contributed by atoms with Gasteiger partial charge in [0.05, 0.1) is 20.1 Å². The molecule has 7 nitrogen and oxygen atoms in total. The van der Waals surface area contributed by atoms with Gasteiger partial charge < -0.3 is 14.4 Å². The van der Waals surface area contributed by atoms with Crippen LogP contribution in [0.25, 0.3) is 0 Å². The van der Waals surface area contributed by atoms with Crippen molar-refractivity contribution in [2.24, 2.45) is 5.92 Å². The van der Waals surface area contributed by atoms with E-state index < -0.39 is 5.97 Å². The summed E-state index contributed by atoms with van der Waals surface area (Å²) in [5.74, 6) is -0.273. The van der Waals surface area contributed by atoms with E-state index in [0.717, 1.165) is 19.4 Å². The van der Waals surface area contributed by atoms with Crippen LogP contribution in [0, 0.1) is 12.8 Å². The van der Waals surface area contributed by atoms with Crippen LogP contribution in [0.15, 0.2) is 6.07 Å². The Bertz CT molecular complexity index is 547. The largest absolute Gasteiger partial charge is 0.469 e. The van der Waals surface area contributed by atoms with Gasteiger partial charge in [0.1, 0.15) is 5.82 Å². The number of nitrogens with zero attached hydrogens (tertiary/aromatic N) is 3. The topological polar surface area (TPSA) is 81.6 Å². The summed E-state index contributed by atoms with van der Waals surface area (Å²) in [4.78, 5) is 33.5. The van der Waals surface area contributed by atoms with Gasteiger partial charge in [-0.15, -0.1) is 0 Å². The molecule has 0 bridgehead atoms. The smallest absolute Gasteiger partial charge is 0.376 e. The number of aromatic nitrogens is 2. The summed E-state index contributed by atoms with van der Waals surface area (Å²) in [6.07, 6.45) is 1.67. The van der Waals surface area contributed by atoms with Crippen LogP contribution in [-0.4, -0.2) is 49.2 Å². The summed E-state index contributed by atoms with van der Waals surface area (Å²) in [7, 11) is 2.69. The minimum atomic E-state index is -0.568. The normalized spacial score (nSPS) is 18.2. The minimum absolute atomic E-state index is 0.0349. The molecule has 1 aromatic heterocycles. The molecule has 1 aliphatic heterocycles. The molecule has 0 radical (unpaired) electrons. The Morgan fingerprint density at radius 3 is 2.71 bits per heavy atom. The molecule has 7 heteroatoms. The SMILES string of the molecule is COC(=O)c1nc(C)cc(N2CCCC(C(=O)OC)C2)n1. The molecular weight excluding hydrogens is 274 g/mol. The molecule has 1 atom stereocenters. The van der Waals surface area contributed by atoms with Crippen LogP contribution in [0.2, 0.25) is 0 Å². The average molecular weight is 293 g/mol. The van der Waals surface area contributed by atoms with E-state index in [2.05, 4.69) is 14.7 Å². The highest BCUT2D eigenvalue weighted by Crippen LogP contribution is 2.23. The van der Waals surface area contributed by atoms with E-state index in [-0.39, 0.29) is 17.7 Å². The van der Waals surface area contributed by atoms with Gasteiger partial charge in [0.2, 0.25) is 5.82 Å². The first kappa shape index (κ1) is 15.2. The maximum atomic E-state index is 11.7. The first-order chi connectivity index (χ1) is 10.0. The molecule has 21 heavy (non-hydrogen) atoms. The number of ether oxygens (including phenoxy) is 2. The highest BCUT2D eigenvalue weighted by Gasteiger charge is 2.27. The Kier molecular flexibility index (Phi) is 4.72. The number of carbonyl (C=O) groups excluding carboxylic acids is 2. The van der Waals surface area contributed by atoms with Crippen molar-refractivity contribution in [3.8, 4) is 0 Å². The lowest BCUT2D eigenvalue weighted by Gasteiger charge is -2.32. The molecule has 1 saturated heterocycles. The van der Waals surface area contributed by atoms with Gasteiger partial charge in [0.25, 0.3) is 0 Å². The van der Waals surface area contributed by atoms with Crippen molar-refractivity contribution >= 4 is 17.8 Å². The fraction of sp³-hybridized carbons (Fsp3) is 0.571. The number of methoxy groups -OCH3 is 2. The van der Waals surface area contributed by atoms with Crippen molar-refractivity contribution in [2.45, 2.75) is 19.8 Å². The van der Waals surface area contributed by atoms with Gasteiger partial charge in [-0.2, -0.15) is 0 Å². The molecule has 1 aromatic rings. The molecular formula is C14H19N3O4. The lowest BCUT2D eigenvalue weighted by molar-refractivity contribution is -0.145. The standard InChI is InChI=1S/C14H19N3O4/c1-9-7-11(16-12(15-9)14(19)21-3)17-6-4-5-10(8-17)13(18)20-2/h7,10H,4-6,8H2,1-3H3. The number of hydrogen-bond donors (Lipinski definition) is 0.